The molecule has 0 aromatic heterocycles. The van der Waals surface area contributed by atoms with Crippen molar-refractivity contribution >= 4 is 23.7 Å². The second kappa shape index (κ2) is 8.94. The molecular formula is C27H40O7. The third-order valence-electron chi connectivity index (χ3n) is 10.0. The molecule has 0 spiro atoms. The largest absolute Gasteiger partial charge is 0.458 e. The van der Waals surface area contributed by atoms with E-state index in [-0.39, 0.29) is 22.7 Å². The first-order valence-electron chi connectivity index (χ1n) is 13.0. The predicted octanol–water partition coefficient (Wildman–Crippen LogP) is 4.25. The molecule has 0 heterocycles. The lowest BCUT2D eigenvalue weighted by Crippen LogP contribution is -2.64. The summed E-state index contributed by atoms with van der Waals surface area (Å²) in [5, 5.41) is 0. The Kier molecular flexibility index (Phi) is 6.62. The fraction of sp³-hybridized carbons (Fsp3) is 0.852. The van der Waals surface area contributed by atoms with Gasteiger partial charge in [0.25, 0.3) is 0 Å². The molecule has 0 N–H and O–H groups in total. The van der Waals surface area contributed by atoms with Crippen molar-refractivity contribution in [2.24, 2.45) is 40.4 Å². The topological polar surface area (TPSA) is 96.0 Å². The Morgan fingerprint density at radius 2 is 1.44 bits per heavy atom. The van der Waals surface area contributed by atoms with Crippen molar-refractivity contribution in [1.82, 2.24) is 0 Å². The first kappa shape index (κ1) is 25.2. The van der Waals surface area contributed by atoms with Crippen molar-refractivity contribution in [3.63, 3.8) is 0 Å². The Hall–Kier alpha value is -1.92. The zero-order valence-corrected chi connectivity index (χ0v) is 21.4. The molecule has 7 nitrogen and oxygen atoms in total. The van der Waals surface area contributed by atoms with Crippen LogP contribution in [0.3, 0.4) is 0 Å². The van der Waals surface area contributed by atoms with Gasteiger partial charge in [-0.25, -0.2) is 0 Å². The van der Waals surface area contributed by atoms with E-state index in [1.165, 1.54) is 20.8 Å². The standard InChI is InChI=1S/C27H40O7/c1-7-18-22(31)12-21-17-8-9-20-24(33-15(3)29)25(34-16(4)30)23(32-14(2)28)13-27(20,6)19(17)10-11-26(18,21)5/h17-21,23-25H,7-13H2,1-6H3/t17-,18+,19+,20+,21+,23+,24-,25+,26-,27-/m1/s1. The fourth-order valence-electron chi connectivity index (χ4n) is 8.90. The Bertz CT molecular complexity index is 867. The van der Waals surface area contributed by atoms with Crippen LogP contribution in [0.25, 0.3) is 0 Å². The van der Waals surface area contributed by atoms with Gasteiger partial charge in [-0.05, 0) is 67.1 Å². The molecule has 7 heteroatoms. The highest BCUT2D eigenvalue weighted by molar-refractivity contribution is 5.84. The van der Waals surface area contributed by atoms with Crippen LogP contribution in [0.2, 0.25) is 0 Å². The summed E-state index contributed by atoms with van der Waals surface area (Å²) in [6.45, 7) is 10.7. The van der Waals surface area contributed by atoms with E-state index in [1.54, 1.807) is 0 Å². The molecule has 0 aromatic rings. The minimum atomic E-state index is -0.814. The van der Waals surface area contributed by atoms with E-state index in [0.717, 1.165) is 32.1 Å². The maximum Gasteiger partial charge on any atom is 0.303 e. The van der Waals surface area contributed by atoms with Gasteiger partial charge in [0.2, 0.25) is 0 Å². The molecule has 0 amide bonds. The molecule has 190 valence electrons. The number of ketones is 1. The first-order chi connectivity index (χ1) is 15.9. The Morgan fingerprint density at radius 1 is 0.824 bits per heavy atom. The molecule has 4 fully saturated rings. The van der Waals surface area contributed by atoms with Crippen LogP contribution >= 0.6 is 0 Å². The van der Waals surface area contributed by atoms with Crippen molar-refractivity contribution in [1.29, 1.82) is 0 Å². The number of carbonyl (C=O) groups excluding carboxylic acids is 4. The van der Waals surface area contributed by atoms with Gasteiger partial charge >= 0.3 is 17.9 Å². The monoisotopic (exact) mass is 476 g/mol. The van der Waals surface area contributed by atoms with Gasteiger partial charge in [0, 0.05) is 39.0 Å². The van der Waals surface area contributed by atoms with Gasteiger partial charge in [0.15, 0.2) is 6.10 Å². The third-order valence-corrected chi connectivity index (χ3v) is 10.0. The summed E-state index contributed by atoms with van der Waals surface area (Å²) in [6, 6.07) is 0. The van der Waals surface area contributed by atoms with E-state index in [2.05, 4.69) is 20.8 Å². The van der Waals surface area contributed by atoms with Crippen molar-refractivity contribution in [2.45, 2.75) is 105 Å². The number of hydrogen-bond acceptors (Lipinski definition) is 7. The number of ether oxygens (including phenoxy) is 3. The molecule has 4 rings (SSSR count). The molecule has 0 saturated heterocycles. The van der Waals surface area contributed by atoms with E-state index in [0.29, 0.717) is 36.4 Å². The number of hydrogen-bond donors (Lipinski definition) is 0. The number of esters is 3. The maximum absolute atomic E-state index is 12.9. The zero-order chi connectivity index (χ0) is 25.0. The lowest BCUT2D eigenvalue weighted by Gasteiger charge is -2.62. The van der Waals surface area contributed by atoms with Crippen LogP contribution in [-0.2, 0) is 33.4 Å². The van der Waals surface area contributed by atoms with Gasteiger partial charge in [-0.1, -0.05) is 20.8 Å². The normalized spacial score (nSPS) is 45.4. The van der Waals surface area contributed by atoms with Gasteiger partial charge in [0.1, 0.15) is 18.0 Å². The lowest BCUT2D eigenvalue weighted by molar-refractivity contribution is -0.234. The molecule has 4 saturated carbocycles. The quantitative estimate of drug-likeness (QED) is 0.442. The van der Waals surface area contributed by atoms with Crippen molar-refractivity contribution in [3.8, 4) is 0 Å². The Labute approximate surface area is 202 Å². The summed E-state index contributed by atoms with van der Waals surface area (Å²) in [5.41, 5.74) is -0.204. The smallest absolute Gasteiger partial charge is 0.303 e. The Balaban J connectivity index is 1.71. The van der Waals surface area contributed by atoms with Crippen LogP contribution in [0, 0.1) is 40.4 Å². The summed E-state index contributed by atoms with van der Waals surface area (Å²) >= 11 is 0. The first-order valence-corrected chi connectivity index (χ1v) is 13.0. The van der Waals surface area contributed by atoms with Crippen LogP contribution < -0.4 is 0 Å². The highest BCUT2D eigenvalue weighted by Gasteiger charge is 2.65. The Morgan fingerprint density at radius 3 is 2.03 bits per heavy atom. The van der Waals surface area contributed by atoms with E-state index in [1.807, 2.05) is 0 Å². The molecule has 34 heavy (non-hydrogen) atoms. The lowest BCUT2D eigenvalue weighted by atomic mass is 9.44. The highest BCUT2D eigenvalue weighted by Crippen LogP contribution is 2.67. The average molecular weight is 477 g/mol. The van der Waals surface area contributed by atoms with Gasteiger partial charge in [-0.2, -0.15) is 0 Å². The van der Waals surface area contributed by atoms with E-state index >= 15 is 0 Å². The number of carbonyl (C=O) groups is 4. The van der Waals surface area contributed by atoms with Crippen LogP contribution in [0.5, 0.6) is 0 Å². The van der Waals surface area contributed by atoms with E-state index in [4.69, 9.17) is 14.2 Å². The molecule has 0 unspecified atom stereocenters. The molecule has 0 radical (unpaired) electrons. The molecule has 0 aliphatic heterocycles. The predicted molar refractivity (Wildman–Crippen MR) is 123 cm³/mol. The second-order valence-electron chi connectivity index (χ2n) is 11.7. The maximum atomic E-state index is 12.9. The van der Waals surface area contributed by atoms with Gasteiger partial charge in [0.05, 0.1) is 0 Å². The number of Topliss-reactive ketones (excluding diaryl/α,β-unsaturated/α-hetero) is 1. The third kappa shape index (κ3) is 3.97. The zero-order valence-electron chi connectivity index (χ0n) is 21.4. The van der Waals surface area contributed by atoms with Crippen molar-refractivity contribution in [3.05, 3.63) is 0 Å². The van der Waals surface area contributed by atoms with Gasteiger partial charge < -0.3 is 14.2 Å². The minimum Gasteiger partial charge on any atom is -0.458 e. The summed E-state index contributed by atoms with van der Waals surface area (Å²) in [7, 11) is 0. The molecular weight excluding hydrogens is 436 g/mol. The average Bonchev–Trinajstić information content (AvgIpc) is 2.98. The number of fused-ring (bicyclic) bond motifs is 5. The molecule has 10 atom stereocenters. The fourth-order valence-corrected chi connectivity index (χ4v) is 8.90. The summed E-state index contributed by atoms with van der Waals surface area (Å²) in [4.78, 5) is 49.0. The van der Waals surface area contributed by atoms with Crippen molar-refractivity contribution < 1.29 is 33.4 Å². The molecule has 4 aliphatic carbocycles. The summed E-state index contributed by atoms with van der Waals surface area (Å²) < 4.78 is 17.2. The summed E-state index contributed by atoms with van der Waals surface area (Å²) in [5.74, 6) is 0.316. The minimum absolute atomic E-state index is 0.00255. The van der Waals surface area contributed by atoms with Gasteiger partial charge in [-0.15, -0.1) is 0 Å². The highest BCUT2D eigenvalue weighted by atomic mass is 16.6. The molecule has 0 bridgehead atoms. The van der Waals surface area contributed by atoms with Crippen LogP contribution in [-0.4, -0.2) is 42.0 Å². The van der Waals surface area contributed by atoms with E-state index < -0.39 is 36.2 Å². The summed E-state index contributed by atoms with van der Waals surface area (Å²) in [6.07, 6.45) is 3.79. The van der Waals surface area contributed by atoms with Crippen LogP contribution in [0.15, 0.2) is 0 Å². The molecule has 4 aliphatic rings. The SMILES string of the molecule is CC[C@H]1C(=O)C[C@H]2[C@@H]3CC[C@H]4[C@@H](OC(C)=O)[C@@H](OC(C)=O)[C@@H](OC(C)=O)C[C@]4(C)[C@H]3CC[C@]12C. The van der Waals surface area contributed by atoms with Crippen LogP contribution in [0.4, 0.5) is 0 Å². The van der Waals surface area contributed by atoms with E-state index in [9.17, 15) is 19.2 Å². The second-order valence-corrected chi connectivity index (χ2v) is 11.7. The van der Waals surface area contributed by atoms with Crippen LogP contribution in [0.1, 0.15) is 86.5 Å². The number of rotatable bonds is 4. The van der Waals surface area contributed by atoms with Gasteiger partial charge in [-0.3, -0.25) is 19.2 Å². The molecule has 0 aromatic carbocycles. The van der Waals surface area contributed by atoms with Crippen molar-refractivity contribution in [2.75, 3.05) is 0 Å².